The van der Waals surface area contributed by atoms with Crippen molar-refractivity contribution in [3.63, 3.8) is 0 Å². The molecule has 4 aromatic rings. The van der Waals surface area contributed by atoms with Crippen molar-refractivity contribution >= 4 is 35.3 Å². The standard InChI is InChI=1S/C13H15N6S3.C6H6O.Zn/c1-17-7-4-14-10(17)20-13(21-11-15-5-8-18(11)2)22-12-16-6-9-19(12)3;7-6-4-2-1-3-5-6;/h4-9H,1-3H3;1-5,7H;/q-1;;+2/p-1. The van der Waals surface area contributed by atoms with Gasteiger partial charge in [0.25, 0.3) is 0 Å². The molecule has 3 aromatic heterocycles. The Balaban J connectivity index is 0.000000341. The molecule has 11 heteroatoms. The third-order valence-electron chi connectivity index (χ3n) is 3.60. The van der Waals surface area contributed by atoms with Gasteiger partial charge in [0.2, 0.25) is 0 Å². The smallest absolute Gasteiger partial charge is 0.872 e. The minimum Gasteiger partial charge on any atom is -0.872 e. The van der Waals surface area contributed by atoms with E-state index in [1.54, 1.807) is 66.0 Å². The molecule has 0 saturated carbocycles. The SMILES string of the molecule is Cn1ccnc1S[C-](Sc1nccn1C)Sc1nccn1C.[O-]c1ccccc1.[Zn+2]. The van der Waals surface area contributed by atoms with Gasteiger partial charge >= 0.3 is 19.5 Å². The third kappa shape index (κ3) is 7.23. The fourth-order valence-electron chi connectivity index (χ4n) is 2.06. The minimum atomic E-state index is 0. The number of para-hydroxylation sites is 1. The van der Waals surface area contributed by atoms with Crippen LogP contribution in [-0.2, 0) is 40.6 Å². The van der Waals surface area contributed by atoms with E-state index < -0.39 is 0 Å². The second-order valence-corrected chi connectivity index (χ2v) is 9.54. The summed E-state index contributed by atoms with van der Waals surface area (Å²) in [6.45, 7) is 0. The van der Waals surface area contributed by atoms with Crippen molar-refractivity contribution in [1.29, 1.82) is 0 Å². The number of rotatable bonds is 6. The first-order valence-corrected chi connectivity index (χ1v) is 11.0. The van der Waals surface area contributed by atoms with Crippen molar-refractivity contribution in [2.45, 2.75) is 15.5 Å². The molecule has 0 saturated heterocycles. The molecule has 4 rings (SSSR count). The molecule has 0 aliphatic rings. The summed E-state index contributed by atoms with van der Waals surface area (Å²) >= 11 is 4.87. The van der Waals surface area contributed by atoms with Gasteiger partial charge in [-0.05, 0) is 0 Å². The van der Waals surface area contributed by atoms with Gasteiger partial charge in [-0.2, -0.15) is 0 Å². The minimum absolute atomic E-state index is 0. The van der Waals surface area contributed by atoms with Crippen LogP contribution in [0.2, 0.25) is 0 Å². The molecule has 0 atom stereocenters. The van der Waals surface area contributed by atoms with Crippen LogP contribution in [0.5, 0.6) is 5.75 Å². The van der Waals surface area contributed by atoms with Gasteiger partial charge in [-0.1, -0.05) is 30.3 Å². The normalized spacial score (nSPS) is 10.4. The average Bonchev–Trinajstić information content (AvgIpc) is 3.41. The topological polar surface area (TPSA) is 76.5 Å². The Labute approximate surface area is 201 Å². The molecule has 0 aliphatic carbocycles. The van der Waals surface area contributed by atoms with E-state index >= 15 is 0 Å². The van der Waals surface area contributed by atoms with E-state index in [1.807, 2.05) is 59.5 Å². The van der Waals surface area contributed by atoms with Crippen LogP contribution in [0, 0.1) is 3.91 Å². The number of thioether (sulfide) groups is 3. The molecule has 0 spiro atoms. The molecule has 0 bridgehead atoms. The number of nitrogens with zero attached hydrogens (tertiary/aromatic N) is 6. The van der Waals surface area contributed by atoms with Gasteiger partial charge in [0.15, 0.2) is 0 Å². The Morgan fingerprint density at radius 1 is 0.700 bits per heavy atom. The molecule has 0 aliphatic heterocycles. The van der Waals surface area contributed by atoms with E-state index in [0.717, 1.165) is 19.4 Å². The predicted octanol–water partition coefficient (Wildman–Crippen LogP) is 3.77. The zero-order valence-corrected chi connectivity index (χ0v) is 22.3. The first-order chi connectivity index (χ1) is 14.0. The Hall–Kier alpha value is -1.68. The van der Waals surface area contributed by atoms with Gasteiger partial charge in [0.1, 0.15) is 15.5 Å². The van der Waals surface area contributed by atoms with Crippen molar-refractivity contribution in [2.75, 3.05) is 0 Å². The van der Waals surface area contributed by atoms with Crippen LogP contribution in [0.25, 0.3) is 0 Å². The fourth-order valence-corrected chi connectivity index (χ4v) is 5.30. The number of aromatic nitrogens is 6. The van der Waals surface area contributed by atoms with Crippen LogP contribution in [0.15, 0.2) is 83.0 Å². The monoisotopic (exact) mass is 508 g/mol. The number of imidazole rings is 3. The first kappa shape index (κ1) is 24.6. The molecule has 3 heterocycles. The summed E-state index contributed by atoms with van der Waals surface area (Å²) in [4.78, 5) is 13.1. The number of hydrogen-bond acceptors (Lipinski definition) is 7. The van der Waals surface area contributed by atoms with E-state index in [9.17, 15) is 5.11 Å². The van der Waals surface area contributed by atoms with E-state index in [4.69, 9.17) is 0 Å². The molecule has 0 N–H and O–H groups in total. The van der Waals surface area contributed by atoms with Crippen molar-refractivity contribution in [3.8, 4) is 5.75 Å². The summed E-state index contributed by atoms with van der Waals surface area (Å²) in [6, 6.07) is 8.33. The van der Waals surface area contributed by atoms with E-state index in [1.165, 1.54) is 12.1 Å². The van der Waals surface area contributed by atoms with Crippen molar-refractivity contribution in [3.05, 3.63) is 71.4 Å². The van der Waals surface area contributed by atoms with Crippen molar-refractivity contribution in [2.24, 2.45) is 21.1 Å². The quantitative estimate of drug-likeness (QED) is 0.222. The van der Waals surface area contributed by atoms with Gasteiger partial charge in [-0.25, -0.2) is 15.0 Å². The largest absolute Gasteiger partial charge is 2.00 e. The Bertz CT molecular complexity index is 920. The zero-order chi connectivity index (χ0) is 20.6. The molecule has 0 amide bonds. The average molecular weight is 510 g/mol. The van der Waals surface area contributed by atoms with Gasteiger partial charge in [-0.15, -0.1) is 9.66 Å². The van der Waals surface area contributed by atoms with Crippen molar-refractivity contribution < 1.29 is 24.6 Å². The maximum absolute atomic E-state index is 10.3. The maximum Gasteiger partial charge on any atom is 2.00 e. The van der Waals surface area contributed by atoms with E-state index in [2.05, 4.69) is 15.0 Å². The first-order valence-electron chi connectivity index (χ1n) is 8.57. The molecule has 7 nitrogen and oxygen atoms in total. The second-order valence-electron chi connectivity index (χ2n) is 5.83. The third-order valence-corrected chi connectivity index (χ3v) is 7.33. The zero-order valence-electron chi connectivity index (χ0n) is 16.9. The van der Waals surface area contributed by atoms with Crippen LogP contribution in [0.4, 0.5) is 0 Å². The van der Waals surface area contributed by atoms with Crippen molar-refractivity contribution in [1.82, 2.24) is 28.7 Å². The van der Waals surface area contributed by atoms with Gasteiger partial charge in [0.05, 0.1) is 0 Å². The van der Waals surface area contributed by atoms with Gasteiger partial charge in [0, 0.05) is 58.3 Å². The van der Waals surface area contributed by atoms with Gasteiger partial charge < -0.3 is 18.8 Å². The summed E-state index contributed by atoms with van der Waals surface area (Å²) in [6.07, 6.45) is 11.2. The summed E-state index contributed by atoms with van der Waals surface area (Å²) in [7, 11) is 5.97. The molecular formula is C19H20N6OS3Zn. The van der Waals surface area contributed by atoms with Crippen LogP contribution >= 0.6 is 35.3 Å². The number of benzene rings is 1. The predicted molar refractivity (Wildman–Crippen MR) is 116 cm³/mol. The van der Waals surface area contributed by atoms with Gasteiger partial charge in [-0.3, -0.25) is 35.3 Å². The molecule has 0 unspecified atom stereocenters. The summed E-state index contributed by atoms with van der Waals surface area (Å²) < 4.78 is 7.12. The molecule has 1 aromatic carbocycles. The summed E-state index contributed by atoms with van der Waals surface area (Å²) in [5, 5.41) is 13.1. The Morgan fingerprint density at radius 3 is 1.30 bits per heavy atom. The number of aryl methyl sites for hydroxylation is 3. The summed E-state index contributed by atoms with van der Waals surface area (Å²) in [5.74, 6) is 0.0718. The van der Waals surface area contributed by atoms with Crippen LogP contribution in [0.1, 0.15) is 0 Å². The molecule has 152 valence electrons. The van der Waals surface area contributed by atoms with E-state index in [-0.39, 0.29) is 25.2 Å². The summed E-state index contributed by atoms with van der Waals surface area (Å²) in [5.41, 5.74) is 0. The van der Waals surface area contributed by atoms with Crippen LogP contribution in [-0.4, -0.2) is 28.7 Å². The maximum atomic E-state index is 10.3. The molecule has 0 radical (unpaired) electrons. The molecule has 0 fully saturated rings. The Kier molecular flexibility index (Phi) is 10.0. The van der Waals surface area contributed by atoms with Crippen LogP contribution < -0.4 is 5.11 Å². The fraction of sp³-hybridized carbons (Fsp3) is 0.158. The van der Waals surface area contributed by atoms with Crippen LogP contribution in [0.3, 0.4) is 0 Å². The second kappa shape index (κ2) is 12.2. The number of hydrogen-bond donors (Lipinski definition) is 0. The Morgan fingerprint density at radius 2 is 1.07 bits per heavy atom. The molecular weight excluding hydrogens is 490 g/mol. The molecule has 30 heavy (non-hydrogen) atoms. The van der Waals surface area contributed by atoms with E-state index in [0.29, 0.717) is 0 Å².